The van der Waals surface area contributed by atoms with E-state index < -0.39 is 34.6 Å². The number of rotatable bonds is 6. The van der Waals surface area contributed by atoms with Crippen LogP contribution in [0.3, 0.4) is 0 Å². The molecule has 7 nitrogen and oxygen atoms in total. The highest BCUT2D eigenvalue weighted by atomic mass is 35.5. The lowest BCUT2D eigenvalue weighted by Gasteiger charge is -2.47. The van der Waals surface area contributed by atoms with Gasteiger partial charge in [-0.05, 0) is 60.4 Å². The number of hydrogen-bond acceptors (Lipinski definition) is 5. The largest absolute Gasteiger partial charge is 0.495 e. The Balaban J connectivity index is 1.52. The van der Waals surface area contributed by atoms with Gasteiger partial charge in [0.25, 0.3) is 0 Å². The molecule has 2 spiro atoms. The number of halogens is 3. The van der Waals surface area contributed by atoms with Crippen molar-refractivity contribution in [2.75, 3.05) is 17.7 Å². The molecule has 1 saturated carbocycles. The Morgan fingerprint density at radius 3 is 2.50 bits per heavy atom. The van der Waals surface area contributed by atoms with Gasteiger partial charge in [-0.25, -0.2) is 4.39 Å². The number of hydrogen-bond donors (Lipinski definition) is 3. The molecule has 0 aromatic heterocycles. The van der Waals surface area contributed by atoms with Crippen molar-refractivity contribution >= 4 is 52.2 Å². The van der Waals surface area contributed by atoms with E-state index in [1.165, 1.54) is 13.2 Å². The van der Waals surface area contributed by atoms with E-state index in [4.69, 9.17) is 27.9 Å². The molecule has 230 valence electrons. The lowest BCUT2D eigenvalue weighted by molar-refractivity contribution is -0.124. The van der Waals surface area contributed by atoms with Crippen LogP contribution in [0.15, 0.2) is 54.6 Å². The molecule has 3 aromatic rings. The summed E-state index contributed by atoms with van der Waals surface area (Å²) in [6.45, 7) is 3.63. The molecule has 1 saturated heterocycles. The third-order valence-corrected chi connectivity index (χ3v) is 10.1. The normalized spacial score (nSPS) is 23.6. The van der Waals surface area contributed by atoms with Crippen LogP contribution >= 0.6 is 23.2 Å². The molecule has 0 unspecified atom stereocenters. The number of Topliss-reactive ketones (excluding diaryl/α,β-unsaturated/α-hetero) is 1. The van der Waals surface area contributed by atoms with Gasteiger partial charge in [-0.1, -0.05) is 74.5 Å². The number of ketones is 1. The van der Waals surface area contributed by atoms with Crippen molar-refractivity contribution in [3.63, 3.8) is 0 Å². The number of carbonyl (C=O) groups is 3. The first-order valence-electron chi connectivity index (χ1n) is 14.9. The van der Waals surface area contributed by atoms with Gasteiger partial charge in [-0.2, -0.15) is 0 Å². The second-order valence-corrected chi connectivity index (χ2v) is 13.1. The number of benzene rings is 3. The zero-order valence-electron chi connectivity index (χ0n) is 24.7. The molecule has 2 fully saturated rings. The fourth-order valence-electron chi connectivity index (χ4n) is 7.71. The second-order valence-electron chi connectivity index (χ2n) is 12.3. The molecule has 0 bridgehead atoms. The van der Waals surface area contributed by atoms with Crippen molar-refractivity contribution in [3.05, 3.63) is 87.2 Å². The van der Waals surface area contributed by atoms with Gasteiger partial charge in [0.15, 0.2) is 5.78 Å². The van der Waals surface area contributed by atoms with E-state index in [1.807, 2.05) is 19.9 Å². The highest BCUT2D eigenvalue weighted by Gasteiger charge is 2.72. The summed E-state index contributed by atoms with van der Waals surface area (Å²) in [5.74, 6) is -2.36. The predicted octanol–water partition coefficient (Wildman–Crippen LogP) is 7.27. The van der Waals surface area contributed by atoms with E-state index in [9.17, 15) is 14.4 Å². The zero-order chi connectivity index (χ0) is 31.4. The number of methoxy groups -OCH3 is 1. The van der Waals surface area contributed by atoms with E-state index in [1.54, 1.807) is 42.5 Å². The lowest BCUT2D eigenvalue weighted by atomic mass is 9.55. The number of fused-ring (bicyclic) bond motifs is 3. The Kier molecular flexibility index (Phi) is 7.97. The van der Waals surface area contributed by atoms with Gasteiger partial charge < -0.3 is 15.4 Å². The number of ether oxygens (including phenoxy) is 1. The third kappa shape index (κ3) is 4.61. The maximum Gasteiger partial charge on any atom is 0.242 e. The molecule has 1 aliphatic carbocycles. The molecule has 2 amide bonds. The summed E-state index contributed by atoms with van der Waals surface area (Å²) >= 11 is 12.7. The first kappa shape index (κ1) is 30.6. The molecule has 3 N–H and O–H groups in total. The van der Waals surface area contributed by atoms with Crippen molar-refractivity contribution < 1.29 is 23.5 Å². The molecule has 6 rings (SSSR count). The molecule has 0 radical (unpaired) electrons. The Morgan fingerprint density at radius 2 is 1.80 bits per heavy atom. The zero-order valence-corrected chi connectivity index (χ0v) is 26.2. The summed E-state index contributed by atoms with van der Waals surface area (Å²) in [5.41, 5.74) is 0.0315. The first-order chi connectivity index (χ1) is 21.0. The SMILES string of the molecule is COc1cc(C(=O)C(C)C)ccc1NC(=O)[C@@H]1NC2(CCCCC2)[C@@]2(C(=O)Nc3cc(Cl)ccc32)[C@H]1c1cccc(Cl)c1F. The molecule has 3 aliphatic rings. The molecule has 10 heteroatoms. The quantitative estimate of drug-likeness (QED) is 0.247. The number of nitrogens with one attached hydrogen (secondary N) is 3. The van der Waals surface area contributed by atoms with Gasteiger partial charge in [0.05, 0.1) is 23.9 Å². The summed E-state index contributed by atoms with van der Waals surface area (Å²) < 4.78 is 21.6. The van der Waals surface area contributed by atoms with Crippen molar-refractivity contribution in [3.8, 4) is 5.75 Å². The molecule has 2 aliphatic heterocycles. The topological polar surface area (TPSA) is 96.5 Å². The minimum Gasteiger partial charge on any atom is -0.495 e. The van der Waals surface area contributed by atoms with Crippen molar-refractivity contribution in [2.24, 2.45) is 5.92 Å². The standard InChI is InChI=1S/C34H34Cl2FN3O4/c1-18(2)30(41)19-10-13-24(26(16-19)44-3)38-31(42)29-27(21-8-7-9-23(36)28(21)37)34(33(40-29)14-5-4-6-15-33)22-12-11-20(35)17-25(22)39-32(34)43/h7-13,16-18,27,29,40H,4-6,14-15H2,1-3H3,(H,38,42)(H,39,43)/t27-,29+,34+/m0/s1. The Labute approximate surface area is 265 Å². The van der Waals surface area contributed by atoms with E-state index in [0.717, 1.165) is 19.3 Å². The van der Waals surface area contributed by atoms with Crippen LogP contribution in [0.25, 0.3) is 0 Å². The fraction of sp³-hybridized carbons (Fsp3) is 0.382. The monoisotopic (exact) mass is 637 g/mol. The Bertz CT molecular complexity index is 1670. The van der Waals surface area contributed by atoms with Crippen molar-refractivity contribution in [1.82, 2.24) is 5.32 Å². The van der Waals surface area contributed by atoms with Crippen LogP contribution in [0.5, 0.6) is 5.75 Å². The van der Waals surface area contributed by atoms with Gasteiger partial charge in [-0.15, -0.1) is 0 Å². The Hall–Kier alpha value is -3.46. The smallest absolute Gasteiger partial charge is 0.242 e. The summed E-state index contributed by atoms with van der Waals surface area (Å²) in [6.07, 6.45) is 3.88. The fourth-order valence-corrected chi connectivity index (χ4v) is 8.06. The molecule has 3 aromatic carbocycles. The van der Waals surface area contributed by atoms with Crippen LogP contribution < -0.4 is 20.7 Å². The number of anilines is 2. The van der Waals surface area contributed by atoms with E-state index in [-0.39, 0.29) is 28.2 Å². The van der Waals surface area contributed by atoms with Crippen molar-refractivity contribution in [2.45, 2.75) is 68.9 Å². The minimum absolute atomic E-state index is 0.0534. The van der Waals surface area contributed by atoms with Crippen LogP contribution in [0, 0.1) is 11.7 Å². The van der Waals surface area contributed by atoms with E-state index >= 15 is 4.39 Å². The molecular formula is C34H34Cl2FN3O4. The first-order valence-corrected chi connectivity index (χ1v) is 15.7. The van der Waals surface area contributed by atoms with E-state index in [0.29, 0.717) is 46.1 Å². The van der Waals surface area contributed by atoms with Crippen LogP contribution in [-0.2, 0) is 15.0 Å². The van der Waals surface area contributed by atoms with Gasteiger partial charge in [-0.3, -0.25) is 19.7 Å². The summed E-state index contributed by atoms with van der Waals surface area (Å²) in [7, 11) is 1.46. The third-order valence-electron chi connectivity index (χ3n) is 9.57. The minimum atomic E-state index is -1.33. The van der Waals surface area contributed by atoms with Gasteiger partial charge in [0, 0.05) is 33.6 Å². The Morgan fingerprint density at radius 1 is 1.05 bits per heavy atom. The van der Waals surface area contributed by atoms with E-state index in [2.05, 4.69) is 16.0 Å². The maximum atomic E-state index is 16.1. The maximum absolute atomic E-state index is 16.1. The molecular weight excluding hydrogens is 604 g/mol. The van der Waals surface area contributed by atoms with Gasteiger partial charge in [0.2, 0.25) is 11.8 Å². The van der Waals surface area contributed by atoms with Crippen LogP contribution in [0.1, 0.15) is 73.4 Å². The summed E-state index contributed by atoms with van der Waals surface area (Å²) in [4.78, 5) is 41.5. The van der Waals surface area contributed by atoms with Gasteiger partial charge >= 0.3 is 0 Å². The van der Waals surface area contributed by atoms with Gasteiger partial charge in [0.1, 0.15) is 17.0 Å². The van der Waals surface area contributed by atoms with Crippen LogP contribution in [0.2, 0.25) is 10.0 Å². The van der Waals surface area contributed by atoms with Crippen molar-refractivity contribution in [1.29, 1.82) is 0 Å². The average Bonchev–Trinajstić information content (AvgIpc) is 3.46. The lowest BCUT2D eigenvalue weighted by Crippen LogP contribution is -2.60. The molecule has 44 heavy (non-hydrogen) atoms. The second kappa shape index (κ2) is 11.5. The number of carbonyl (C=O) groups excluding carboxylic acids is 3. The number of amides is 2. The average molecular weight is 639 g/mol. The molecule has 3 atom stereocenters. The summed E-state index contributed by atoms with van der Waals surface area (Å²) in [6, 6.07) is 13.8. The van der Waals surface area contributed by atoms with Crippen LogP contribution in [-0.4, -0.2) is 36.3 Å². The highest BCUT2D eigenvalue weighted by Crippen LogP contribution is 2.62. The van der Waals surface area contributed by atoms with Crippen LogP contribution in [0.4, 0.5) is 15.8 Å². The molecule has 2 heterocycles. The predicted molar refractivity (Wildman–Crippen MR) is 169 cm³/mol. The highest BCUT2D eigenvalue weighted by molar-refractivity contribution is 6.31. The summed E-state index contributed by atoms with van der Waals surface area (Å²) in [5, 5.41) is 9.96.